The summed E-state index contributed by atoms with van der Waals surface area (Å²) >= 11 is 8.98. The third-order valence-corrected chi connectivity index (χ3v) is 3.06. The van der Waals surface area contributed by atoms with E-state index in [0.29, 0.717) is 21.7 Å². The molecule has 0 aliphatic heterocycles. The first-order valence-electron chi connectivity index (χ1n) is 5.05. The molecule has 0 saturated heterocycles. The van der Waals surface area contributed by atoms with Crippen LogP contribution in [-0.4, -0.2) is 21.0 Å². The maximum Gasteiger partial charge on any atom is 0.355 e. The van der Waals surface area contributed by atoms with Crippen molar-refractivity contribution in [1.29, 1.82) is 0 Å². The summed E-state index contributed by atoms with van der Waals surface area (Å²) in [7, 11) is 0. The van der Waals surface area contributed by atoms with Crippen LogP contribution in [-0.2, 0) is 6.42 Å². The Bertz CT molecular complexity index is 604. The van der Waals surface area contributed by atoms with Gasteiger partial charge in [-0.05, 0) is 33.6 Å². The highest BCUT2D eigenvalue weighted by Gasteiger charge is 2.12. The molecule has 2 rings (SSSR count). The number of nitrogens with zero attached hydrogens (tertiary/aromatic N) is 2. The van der Waals surface area contributed by atoms with Gasteiger partial charge in [0.25, 0.3) is 0 Å². The van der Waals surface area contributed by atoms with Crippen LogP contribution < -0.4 is 0 Å². The van der Waals surface area contributed by atoms with Crippen LogP contribution in [0.5, 0.6) is 0 Å². The predicted molar refractivity (Wildman–Crippen MR) is 70.9 cm³/mol. The van der Waals surface area contributed by atoms with Crippen molar-refractivity contribution >= 4 is 33.5 Å². The number of carboxylic acid groups (broad SMARTS) is 1. The highest BCUT2D eigenvalue weighted by Crippen LogP contribution is 2.16. The van der Waals surface area contributed by atoms with E-state index in [0.717, 1.165) is 5.56 Å². The second-order valence-electron chi connectivity index (χ2n) is 3.59. The zero-order chi connectivity index (χ0) is 13.1. The Morgan fingerprint density at radius 1 is 1.44 bits per heavy atom. The Morgan fingerprint density at radius 3 is 2.89 bits per heavy atom. The van der Waals surface area contributed by atoms with Crippen LogP contribution in [0.25, 0.3) is 0 Å². The number of aromatic nitrogens is 2. The Kier molecular flexibility index (Phi) is 3.93. The van der Waals surface area contributed by atoms with Crippen molar-refractivity contribution in [3.8, 4) is 0 Å². The van der Waals surface area contributed by atoms with E-state index in [-0.39, 0.29) is 5.69 Å². The summed E-state index contributed by atoms with van der Waals surface area (Å²) in [4.78, 5) is 19.0. The molecule has 0 atom stereocenters. The molecule has 0 fully saturated rings. The number of benzene rings is 1. The van der Waals surface area contributed by atoms with Gasteiger partial charge in [-0.1, -0.05) is 23.7 Å². The van der Waals surface area contributed by atoms with Gasteiger partial charge in [-0.3, -0.25) is 0 Å². The number of rotatable bonds is 3. The van der Waals surface area contributed by atoms with E-state index in [1.54, 1.807) is 12.1 Å². The van der Waals surface area contributed by atoms with Crippen molar-refractivity contribution in [3.63, 3.8) is 0 Å². The predicted octanol–water partition coefficient (Wildman–Crippen LogP) is 3.18. The van der Waals surface area contributed by atoms with Crippen molar-refractivity contribution in [2.75, 3.05) is 0 Å². The fourth-order valence-corrected chi connectivity index (χ4v) is 2.04. The number of hydrogen-bond acceptors (Lipinski definition) is 3. The zero-order valence-electron chi connectivity index (χ0n) is 9.10. The summed E-state index contributed by atoms with van der Waals surface area (Å²) in [6.07, 6.45) is 1.88. The molecule has 0 aliphatic carbocycles. The molecule has 0 bridgehead atoms. The van der Waals surface area contributed by atoms with Gasteiger partial charge in [0.2, 0.25) is 0 Å². The van der Waals surface area contributed by atoms with E-state index < -0.39 is 5.97 Å². The normalized spacial score (nSPS) is 10.3. The molecule has 92 valence electrons. The third-order valence-electron chi connectivity index (χ3n) is 2.25. The summed E-state index contributed by atoms with van der Waals surface area (Å²) < 4.78 is 0.366. The van der Waals surface area contributed by atoms with Gasteiger partial charge in [-0.15, -0.1) is 0 Å². The van der Waals surface area contributed by atoms with E-state index in [1.165, 1.54) is 6.20 Å². The lowest BCUT2D eigenvalue weighted by Gasteiger charge is -2.03. The lowest BCUT2D eigenvalue weighted by Crippen LogP contribution is -2.06. The molecule has 18 heavy (non-hydrogen) atoms. The number of carbonyl (C=O) groups is 1. The second kappa shape index (κ2) is 5.46. The fraction of sp³-hybridized carbons (Fsp3) is 0.0833. The van der Waals surface area contributed by atoms with Crippen molar-refractivity contribution < 1.29 is 9.90 Å². The summed E-state index contributed by atoms with van der Waals surface area (Å²) in [5, 5.41) is 9.59. The zero-order valence-corrected chi connectivity index (χ0v) is 11.4. The smallest absolute Gasteiger partial charge is 0.355 e. The van der Waals surface area contributed by atoms with Crippen LogP contribution in [0.1, 0.15) is 21.9 Å². The fourth-order valence-electron chi connectivity index (χ4n) is 1.47. The van der Waals surface area contributed by atoms with E-state index in [1.807, 2.05) is 12.1 Å². The van der Waals surface area contributed by atoms with Crippen molar-refractivity contribution in [2.24, 2.45) is 0 Å². The average Bonchev–Trinajstić information content (AvgIpc) is 2.31. The number of aromatic carboxylic acids is 1. The molecule has 1 heterocycles. The van der Waals surface area contributed by atoms with Crippen molar-refractivity contribution in [2.45, 2.75) is 6.42 Å². The van der Waals surface area contributed by atoms with Gasteiger partial charge in [0.1, 0.15) is 5.82 Å². The molecule has 2 aromatic rings. The Morgan fingerprint density at radius 2 is 2.22 bits per heavy atom. The quantitative estimate of drug-likeness (QED) is 0.940. The Labute approximate surface area is 117 Å². The van der Waals surface area contributed by atoms with Crippen LogP contribution in [0.4, 0.5) is 0 Å². The highest BCUT2D eigenvalue weighted by atomic mass is 79.9. The molecule has 1 N–H and O–H groups in total. The van der Waals surface area contributed by atoms with Gasteiger partial charge in [-0.2, -0.15) is 0 Å². The van der Waals surface area contributed by atoms with Gasteiger partial charge in [0.15, 0.2) is 5.69 Å². The van der Waals surface area contributed by atoms with Gasteiger partial charge >= 0.3 is 5.97 Å². The van der Waals surface area contributed by atoms with Gasteiger partial charge in [-0.25, -0.2) is 14.8 Å². The molecule has 4 nitrogen and oxygen atoms in total. The summed E-state index contributed by atoms with van der Waals surface area (Å²) in [5.41, 5.74) is 0.892. The minimum absolute atomic E-state index is 0.0398. The molecule has 0 amide bonds. The van der Waals surface area contributed by atoms with E-state index in [4.69, 9.17) is 16.7 Å². The Hall–Kier alpha value is -1.46. The van der Waals surface area contributed by atoms with Crippen LogP contribution in [0, 0.1) is 0 Å². The average molecular weight is 328 g/mol. The maximum absolute atomic E-state index is 10.9. The lowest BCUT2D eigenvalue weighted by atomic mass is 10.1. The largest absolute Gasteiger partial charge is 0.476 e. The molecule has 0 aliphatic rings. The first kappa shape index (κ1) is 13.0. The van der Waals surface area contributed by atoms with E-state index in [9.17, 15) is 4.79 Å². The molecule has 0 radical (unpaired) electrons. The van der Waals surface area contributed by atoms with E-state index >= 15 is 0 Å². The van der Waals surface area contributed by atoms with Crippen LogP contribution >= 0.6 is 27.5 Å². The van der Waals surface area contributed by atoms with Crippen LogP contribution in [0.2, 0.25) is 5.02 Å². The van der Waals surface area contributed by atoms with Gasteiger partial charge in [0.05, 0.1) is 4.47 Å². The standard InChI is InChI=1S/C12H8BrClN2O2/c13-9-6-15-10(16-11(9)12(17)18)5-7-2-1-3-8(14)4-7/h1-4,6H,5H2,(H,17,18). The van der Waals surface area contributed by atoms with Crippen molar-refractivity contribution in [3.05, 3.63) is 57.0 Å². The molecule has 6 heteroatoms. The van der Waals surface area contributed by atoms with Crippen LogP contribution in [0.15, 0.2) is 34.9 Å². The summed E-state index contributed by atoms with van der Waals surface area (Å²) in [6.45, 7) is 0. The topological polar surface area (TPSA) is 63.1 Å². The molecular formula is C12H8BrClN2O2. The minimum atomic E-state index is -1.09. The SMILES string of the molecule is O=C(O)c1nc(Cc2cccc(Cl)c2)ncc1Br. The molecule has 0 saturated carbocycles. The molecule has 1 aromatic heterocycles. The van der Waals surface area contributed by atoms with Gasteiger partial charge < -0.3 is 5.11 Å². The highest BCUT2D eigenvalue weighted by molar-refractivity contribution is 9.10. The van der Waals surface area contributed by atoms with Crippen LogP contribution in [0.3, 0.4) is 0 Å². The second-order valence-corrected chi connectivity index (χ2v) is 4.89. The van der Waals surface area contributed by atoms with E-state index in [2.05, 4.69) is 25.9 Å². The molecule has 1 aromatic carbocycles. The maximum atomic E-state index is 10.9. The molecule has 0 unspecified atom stereocenters. The molecular weight excluding hydrogens is 320 g/mol. The first-order valence-corrected chi connectivity index (χ1v) is 6.22. The summed E-state index contributed by atoms with van der Waals surface area (Å²) in [5.74, 6) is -0.644. The third kappa shape index (κ3) is 3.05. The summed E-state index contributed by atoms with van der Waals surface area (Å²) in [6, 6.07) is 7.29. The molecule has 0 spiro atoms. The van der Waals surface area contributed by atoms with Crippen molar-refractivity contribution in [1.82, 2.24) is 9.97 Å². The van der Waals surface area contributed by atoms with Gasteiger partial charge in [0, 0.05) is 17.6 Å². The first-order chi connectivity index (χ1) is 8.56. The lowest BCUT2D eigenvalue weighted by molar-refractivity contribution is 0.0688. The number of halogens is 2. The monoisotopic (exact) mass is 326 g/mol. The number of hydrogen-bond donors (Lipinski definition) is 1. The minimum Gasteiger partial charge on any atom is -0.476 e. The Balaban J connectivity index is 2.30. The number of carboxylic acids is 1.